The maximum absolute atomic E-state index is 11.8. The van der Waals surface area contributed by atoms with Gasteiger partial charge in [0, 0.05) is 6.54 Å². The number of nitrogens with one attached hydrogen (secondary N) is 1. The van der Waals surface area contributed by atoms with Crippen LogP contribution in [0.3, 0.4) is 0 Å². The second-order valence-electron chi connectivity index (χ2n) is 4.41. The lowest BCUT2D eigenvalue weighted by atomic mass is 10.1. The van der Waals surface area contributed by atoms with E-state index >= 15 is 0 Å². The molecule has 0 saturated heterocycles. The Morgan fingerprint density at radius 3 is 2.79 bits per heavy atom. The third kappa shape index (κ3) is 5.42. The van der Waals surface area contributed by atoms with Crippen molar-refractivity contribution in [3.63, 3.8) is 0 Å². The second-order valence-corrected chi connectivity index (χ2v) is 5.39. The van der Waals surface area contributed by atoms with Crippen LogP contribution in [0, 0.1) is 0 Å². The number of anilines is 1. The van der Waals surface area contributed by atoms with Gasteiger partial charge in [-0.05, 0) is 37.0 Å². The smallest absolute Gasteiger partial charge is 0.255 e. The van der Waals surface area contributed by atoms with Gasteiger partial charge in [-0.1, -0.05) is 18.9 Å². The lowest BCUT2D eigenvalue weighted by Crippen LogP contribution is -2.24. The largest absolute Gasteiger partial charge is 0.505 e. The van der Waals surface area contributed by atoms with E-state index in [0.717, 1.165) is 12.8 Å². The highest BCUT2D eigenvalue weighted by Crippen LogP contribution is 2.23. The summed E-state index contributed by atoms with van der Waals surface area (Å²) in [6, 6.07) is 4.80. The summed E-state index contributed by atoms with van der Waals surface area (Å²) in [5.41, 5.74) is 6.01. The zero-order chi connectivity index (χ0) is 14.1. The molecule has 1 aromatic rings. The van der Waals surface area contributed by atoms with Gasteiger partial charge in [0.1, 0.15) is 0 Å². The minimum absolute atomic E-state index is 0.139. The molecule has 0 spiro atoms. The van der Waals surface area contributed by atoms with Crippen molar-refractivity contribution >= 4 is 23.4 Å². The first-order chi connectivity index (χ1) is 9.16. The number of aromatic hydroxyl groups is 1. The van der Waals surface area contributed by atoms with Crippen LogP contribution in [-0.2, 0) is 0 Å². The Morgan fingerprint density at radius 1 is 1.32 bits per heavy atom. The van der Waals surface area contributed by atoms with Crippen molar-refractivity contribution in [3.05, 3.63) is 23.8 Å². The summed E-state index contributed by atoms with van der Waals surface area (Å²) in [6.07, 6.45) is 6.61. The minimum atomic E-state index is -0.270. The number of phenols is 1. The van der Waals surface area contributed by atoms with Crippen molar-refractivity contribution in [2.75, 3.05) is 24.3 Å². The molecule has 0 aliphatic heterocycles. The molecule has 0 unspecified atom stereocenters. The van der Waals surface area contributed by atoms with Crippen LogP contribution in [0.25, 0.3) is 0 Å². The molecule has 4 N–H and O–H groups in total. The number of nitrogen functional groups attached to an aromatic ring is 1. The average molecular weight is 282 g/mol. The molecule has 0 fully saturated rings. The number of rotatable bonds is 8. The third-order valence-electron chi connectivity index (χ3n) is 2.87. The Morgan fingerprint density at radius 2 is 2.05 bits per heavy atom. The number of phenolic OH excluding ortho intramolecular Hbond substituents is 1. The Bertz CT molecular complexity index is 410. The van der Waals surface area contributed by atoms with Crippen LogP contribution in [-0.4, -0.2) is 29.6 Å². The highest BCUT2D eigenvalue weighted by molar-refractivity contribution is 7.98. The maximum Gasteiger partial charge on any atom is 0.255 e. The quantitative estimate of drug-likeness (QED) is 0.389. The predicted molar refractivity (Wildman–Crippen MR) is 81.7 cm³/mol. The maximum atomic E-state index is 11.8. The molecule has 0 bridgehead atoms. The Balaban J connectivity index is 2.26. The number of hydrogen-bond acceptors (Lipinski definition) is 4. The molecule has 0 saturated carbocycles. The predicted octanol–water partition coefficient (Wildman–Crippen LogP) is 2.63. The summed E-state index contributed by atoms with van der Waals surface area (Å²) >= 11 is 1.86. The Kier molecular flexibility index (Phi) is 7.18. The van der Waals surface area contributed by atoms with Gasteiger partial charge in [-0.3, -0.25) is 4.79 Å². The fourth-order valence-corrected chi connectivity index (χ4v) is 2.26. The molecule has 5 heteroatoms. The van der Waals surface area contributed by atoms with Gasteiger partial charge in [0.2, 0.25) is 0 Å². The number of hydrogen-bond donors (Lipinski definition) is 3. The van der Waals surface area contributed by atoms with Crippen molar-refractivity contribution in [2.45, 2.75) is 25.7 Å². The zero-order valence-corrected chi connectivity index (χ0v) is 12.1. The number of nitrogens with two attached hydrogens (primary N) is 1. The highest BCUT2D eigenvalue weighted by atomic mass is 32.2. The van der Waals surface area contributed by atoms with E-state index in [9.17, 15) is 9.90 Å². The number of carbonyl (C=O) groups excluding carboxylic acids is 1. The number of thioether (sulfide) groups is 1. The summed E-state index contributed by atoms with van der Waals surface area (Å²) < 4.78 is 0. The van der Waals surface area contributed by atoms with Crippen LogP contribution in [0.5, 0.6) is 5.75 Å². The molecule has 0 aliphatic rings. The number of benzene rings is 1. The van der Waals surface area contributed by atoms with Crippen molar-refractivity contribution in [1.82, 2.24) is 5.32 Å². The summed E-state index contributed by atoms with van der Waals surface area (Å²) in [6.45, 7) is 0.631. The summed E-state index contributed by atoms with van der Waals surface area (Å²) in [7, 11) is 0. The number of unbranched alkanes of at least 4 members (excludes halogenated alkanes) is 3. The molecule has 0 aliphatic carbocycles. The fraction of sp³-hybridized carbons (Fsp3) is 0.500. The van der Waals surface area contributed by atoms with E-state index in [2.05, 4.69) is 11.6 Å². The first-order valence-electron chi connectivity index (χ1n) is 6.51. The van der Waals surface area contributed by atoms with E-state index < -0.39 is 0 Å². The van der Waals surface area contributed by atoms with Crippen LogP contribution >= 0.6 is 11.8 Å². The standard InChI is InChI=1S/C14H22N2O2S/c1-19-10-5-3-2-4-9-16-14(18)11-7-6-8-12(15)13(11)17/h6-8,17H,2-5,9-10,15H2,1H3,(H,16,18). The molecule has 106 valence electrons. The summed E-state index contributed by atoms with van der Waals surface area (Å²) in [4.78, 5) is 11.8. The van der Waals surface area contributed by atoms with Crippen LogP contribution in [0.2, 0.25) is 0 Å². The average Bonchev–Trinajstić information content (AvgIpc) is 2.40. The molecule has 4 nitrogen and oxygen atoms in total. The molecule has 19 heavy (non-hydrogen) atoms. The highest BCUT2D eigenvalue weighted by Gasteiger charge is 2.11. The van der Waals surface area contributed by atoms with E-state index in [1.165, 1.54) is 18.6 Å². The normalized spacial score (nSPS) is 10.4. The molecule has 0 aromatic heterocycles. The van der Waals surface area contributed by atoms with Gasteiger partial charge in [0.25, 0.3) is 5.91 Å². The minimum Gasteiger partial charge on any atom is -0.505 e. The van der Waals surface area contributed by atoms with Crippen molar-refractivity contribution in [3.8, 4) is 5.75 Å². The topological polar surface area (TPSA) is 75.4 Å². The molecular formula is C14H22N2O2S. The van der Waals surface area contributed by atoms with Crippen LogP contribution < -0.4 is 11.1 Å². The van der Waals surface area contributed by atoms with Crippen molar-refractivity contribution < 1.29 is 9.90 Å². The van der Waals surface area contributed by atoms with Crippen molar-refractivity contribution in [2.24, 2.45) is 0 Å². The fourth-order valence-electron chi connectivity index (χ4n) is 1.77. The number of para-hydroxylation sites is 1. The first kappa shape index (κ1) is 15.7. The van der Waals surface area contributed by atoms with Crippen LogP contribution in [0.15, 0.2) is 18.2 Å². The summed E-state index contributed by atoms with van der Waals surface area (Å²) in [5, 5.41) is 12.5. The zero-order valence-electron chi connectivity index (χ0n) is 11.3. The van der Waals surface area contributed by atoms with Gasteiger partial charge in [-0.2, -0.15) is 11.8 Å². The van der Waals surface area contributed by atoms with Crippen LogP contribution in [0.4, 0.5) is 5.69 Å². The molecule has 0 atom stereocenters. The van der Waals surface area contributed by atoms with E-state index in [4.69, 9.17) is 5.73 Å². The molecule has 0 heterocycles. The lowest BCUT2D eigenvalue weighted by Gasteiger charge is -2.08. The lowest BCUT2D eigenvalue weighted by molar-refractivity contribution is 0.0950. The van der Waals surface area contributed by atoms with Gasteiger partial charge in [0.05, 0.1) is 11.3 Å². The number of amides is 1. The number of carbonyl (C=O) groups is 1. The first-order valence-corrected chi connectivity index (χ1v) is 7.90. The van der Waals surface area contributed by atoms with Gasteiger partial charge in [-0.25, -0.2) is 0 Å². The molecule has 0 radical (unpaired) electrons. The molecule has 1 rings (SSSR count). The van der Waals surface area contributed by atoms with E-state index in [1.807, 2.05) is 11.8 Å². The van der Waals surface area contributed by atoms with Crippen LogP contribution in [0.1, 0.15) is 36.0 Å². The van der Waals surface area contributed by atoms with Gasteiger partial charge >= 0.3 is 0 Å². The van der Waals surface area contributed by atoms with Crippen molar-refractivity contribution in [1.29, 1.82) is 0 Å². The third-order valence-corrected chi connectivity index (χ3v) is 3.57. The Labute approximate surface area is 118 Å². The van der Waals surface area contributed by atoms with Gasteiger partial charge in [0.15, 0.2) is 5.75 Å². The molecule has 1 amide bonds. The molecule has 1 aromatic carbocycles. The SMILES string of the molecule is CSCCCCCCNC(=O)c1cccc(N)c1O. The summed E-state index contributed by atoms with van der Waals surface area (Å²) in [5.74, 6) is 0.789. The monoisotopic (exact) mass is 282 g/mol. The Hall–Kier alpha value is -1.36. The van der Waals surface area contributed by atoms with E-state index in [1.54, 1.807) is 18.2 Å². The second kappa shape index (κ2) is 8.69. The van der Waals surface area contributed by atoms with E-state index in [-0.39, 0.29) is 22.9 Å². The van der Waals surface area contributed by atoms with Gasteiger partial charge < -0.3 is 16.2 Å². The van der Waals surface area contributed by atoms with E-state index in [0.29, 0.717) is 6.54 Å². The molecular weight excluding hydrogens is 260 g/mol. The van der Waals surface area contributed by atoms with Gasteiger partial charge in [-0.15, -0.1) is 0 Å².